The zero-order chi connectivity index (χ0) is 11.6. The Labute approximate surface area is 97.1 Å². The maximum absolute atomic E-state index is 11.6. The molecule has 92 valence electrons. The summed E-state index contributed by atoms with van der Waals surface area (Å²) < 4.78 is 5.71. The zero-order valence-electron chi connectivity index (χ0n) is 10.1. The molecule has 1 unspecified atom stereocenters. The van der Waals surface area contributed by atoms with Crippen molar-refractivity contribution >= 4 is 5.91 Å². The van der Waals surface area contributed by atoms with Crippen LogP contribution in [0, 0.1) is 0 Å². The Balaban J connectivity index is 1.80. The topological polar surface area (TPSA) is 55.6 Å². The Morgan fingerprint density at radius 2 is 2.12 bits per heavy atom. The third kappa shape index (κ3) is 2.55. The lowest BCUT2D eigenvalue weighted by Crippen LogP contribution is -2.47. The maximum Gasteiger partial charge on any atom is 0.251 e. The summed E-state index contributed by atoms with van der Waals surface area (Å²) in [5.74, 6) is 0.111. The van der Waals surface area contributed by atoms with Gasteiger partial charge in [-0.15, -0.1) is 0 Å². The van der Waals surface area contributed by atoms with Gasteiger partial charge in [-0.3, -0.25) is 4.79 Å². The van der Waals surface area contributed by atoms with E-state index in [1.165, 1.54) is 19.3 Å². The van der Waals surface area contributed by atoms with Crippen molar-refractivity contribution in [2.75, 3.05) is 20.2 Å². The molecule has 1 aliphatic carbocycles. The van der Waals surface area contributed by atoms with Crippen LogP contribution in [0.1, 0.15) is 38.5 Å². The van der Waals surface area contributed by atoms with Gasteiger partial charge in [0.15, 0.2) is 0 Å². The first-order valence-electron chi connectivity index (χ1n) is 6.26. The van der Waals surface area contributed by atoms with Crippen molar-refractivity contribution in [1.29, 1.82) is 0 Å². The van der Waals surface area contributed by atoms with Gasteiger partial charge >= 0.3 is 0 Å². The Hall–Kier alpha value is -0.610. The number of hydrogen-bond donors (Lipinski definition) is 1. The van der Waals surface area contributed by atoms with Gasteiger partial charge in [0, 0.05) is 25.6 Å². The highest BCUT2D eigenvalue weighted by Gasteiger charge is 2.34. The van der Waals surface area contributed by atoms with Crippen molar-refractivity contribution in [1.82, 2.24) is 4.90 Å². The molecule has 1 saturated heterocycles. The lowest BCUT2D eigenvalue weighted by molar-refractivity contribution is -0.137. The van der Waals surface area contributed by atoms with Crippen LogP contribution in [0.2, 0.25) is 0 Å². The molecule has 2 rings (SSSR count). The first-order valence-corrected chi connectivity index (χ1v) is 6.26. The minimum Gasteiger partial charge on any atom is -0.366 e. The fourth-order valence-electron chi connectivity index (χ4n) is 2.61. The fraction of sp³-hybridized carbons (Fsp3) is 0.917. The molecule has 0 radical (unpaired) electrons. The van der Waals surface area contributed by atoms with Crippen LogP contribution in [-0.4, -0.2) is 42.6 Å². The van der Waals surface area contributed by atoms with Crippen molar-refractivity contribution in [3.05, 3.63) is 0 Å². The number of hydrogen-bond acceptors (Lipinski definition) is 3. The lowest BCUT2D eigenvalue weighted by Gasteiger charge is -2.33. The van der Waals surface area contributed by atoms with Gasteiger partial charge in [0.2, 0.25) is 0 Å². The summed E-state index contributed by atoms with van der Waals surface area (Å²) in [4.78, 5) is 13.4. The molecule has 0 bridgehead atoms. The van der Waals surface area contributed by atoms with E-state index in [2.05, 4.69) is 0 Å². The van der Waals surface area contributed by atoms with Crippen molar-refractivity contribution in [2.45, 2.75) is 50.2 Å². The number of nitrogens with two attached hydrogens (primary N) is 1. The average molecular weight is 226 g/mol. The quantitative estimate of drug-likeness (QED) is 0.777. The second kappa shape index (κ2) is 4.72. The van der Waals surface area contributed by atoms with Crippen LogP contribution in [-0.2, 0) is 9.53 Å². The van der Waals surface area contributed by atoms with Crippen LogP contribution < -0.4 is 5.73 Å². The van der Waals surface area contributed by atoms with Crippen LogP contribution in [0.4, 0.5) is 0 Å². The van der Waals surface area contributed by atoms with Crippen molar-refractivity contribution in [3.63, 3.8) is 0 Å². The highest BCUT2D eigenvalue weighted by atomic mass is 16.5. The molecule has 4 nitrogen and oxygen atoms in total. The van der Waals surface area contributed by atoms with Gasteiger partial charge in [0.1, 0.15) is 6.10 Å². The van der Waals surface area contributed by atoms with E-state index in [4.69, 9.17) is 10.5 Å². The van der Waals surface area contributed by atoms with Crippen molar-refractivity contribution in [3.8, 4) is 0 Å². The molecule has 0 aromatic heterocycles. The largest absolute Gasteiger partial charge is 0.366 e. The minimum absolute atomic E-state index is 0.111. The van der Waals surface area contributed by atoms with E-state index in [9.17, 15) is 4.79 Å². The van der Waals surface area contributed by atoms with Crippen LogP contribution in [0.25, 0.3) is 0 Å². The molecule has 16 heavy (non-hydrogen) atoms. The second-order valence-electron chi connectivity index (χ2n) is 5.27. The molecule has 0 aromatic carbocycles. The van der Waals surface area contributed by atoms with Gasteiger partial charge in [-0.2, -0.15) is 0 Å². The highest BCUT2D eigenvalue weighted by molar-refractivity contribution is 5.82. The number of rotatable bonds is 3. The molecule has 4 heteroatoms. The van der Waals surface area contributed by atoms with Crippen LogP contribution in [0.3, 0.4) is 0 Å². The molecule has 0 aromatic rings. The zero-order valence-corrected chi connectivity index (χ0v) is 10.1. The molecule has 1 heterocycles. The summed E-state index contributed by atoms with van der Waals surface area (Å²) in [6.07, 6.45) is 6.30. The van der Waals surface area contributed by atoms with Crippen LogP contribution in [0.15, 0.2) is 0 Å². The van der Waals surface area contributed by atoms with E-state index in [-0.39, 0.29) is 17.6 Å². The molecular weight excluding hydrogens is 204 g/mol. The van der Waals surface area contributed by atoms with Gasteiger partial charge < -0.3 is 15.4 Å². The van der Waals surface area contributed by atoms with Gasteiger partial charge in [-0.25, -0.2) is 0 Å². The first-order chi connectivity index (χ1) is 7.61. The van der Waals surface area contributed by atoms with E-state index in [0.717, 1.165) is 25.8 Å². The Kier molecular flexibility index (Phi) is 3.50. The van der Waals surface area contributed by atoms with Gasteiger partial charge in [-0.05, 0) is 12.8 Å². The minimum atomic E-state index is -0.243. The predicted octanol–water partition coefficient (Wildman–Crippen LogP) is 0.895. The summed E-state index contributed by atoms with van der Waals surface area (Å²) in [6.45, 7) is 1.35. The Morgan fingerprint density at radius 1 is 1.44 bits per heavy atom. The molecular formula is C12H22N2O2. The summed E-state index contributed by atoms with van der Waals surface area (Å²) in [5.41, 5.74) is 6.09. The predicted molar refractivity (Wildman–Crippen MR) is 62.0 cm³/mol. The number of ether oxygens (including phenoxy) is 1. The molecule has 1 amide bonds. The second-order valence-corrected chi connectivity index (χ2v) is 5.27. The van der Waals surface area contributed by atoms with Gasteiger partial charge in [0.25, 0.3) is 5.91 Å². The standard InChI is InChI=1S/C12H22N2O2/c1-14-8-5-10(11(14)15)16-9-12(13)6-3-2-4-7-12/h10H,2-9,13H2,1H3. The molecule has 1 atom stereocenters. The number of carbonyl (C=O) groups excluding carboxylic acids is 1. The fourth-order valence-corrected chi connectivity index (χ4v) is 2.61. The molecule has 2 N–H and O–H groups in total. The van der Waals surface area contributed by atoms with Crippen molar-refractivity contribution < 1.29 is 9.53 Å². The van der Waals surface area contributed by atoms with E-state index in [1.807, 2.05) is 7.05 Å². The van der Waals surface area contributed by atoms with E-state index >= 15 is 0 Å². The maximum atomic E-state index is 11.6. The van der Waals surface area contributed by atoms with Crippen LogP contribution >= 0.6 is 0 Å². The third-order valence-corrected chi connectivity index (χ3v) is 3.80. The van der Waals surface area contributed by atoms with E-state index < -0.39 is 0 Å². The SMILES string of the molecule is CN1CCC(OCC2(N)CCCCC2)C1=O. The van der Waals surface area contributed by atoms with E-state index in [0.29, 0.717) is 6.61 Å². The smallest absolute Gasteiger partial charge is 0.251 e. The van der Waals surface area contributed by atoms with Gasteiger partial charge in [0.05, 0.1) is 6.61 Å². The summed E-state index contributed by atoms with van der Waals surface area (Å²) in [7, 11) is 1.82. The monoisotopic (exact) mass is 226 g/mol. The highest BCUT2D eigenvalue weighted by Crippen LogP contribution is 2.27. The third-order valence-electron chi connectivity index (χ3n) is 3.80. The Bertz CT molecular complexity index is 262. The molecule has 2 aliphatic rings. The number of carbonyl (C=O) groups is 1. The lowest BCUT2D eigenvalue weighted by atomic mass is 9.83. The van der Waals surface area contributed by atoms with Crippen molar-refractivity contribution in [2.24, 2.45) is 5.73 Å². The number of likely N-dealkylation sites (tertiary alicyclic amines) is 1. The molecule has 1 saturated carbocycles. The normalized spacial score (nSPS) is 29.8. The molecule has 1 aliphatic heterocycles. The number of nitrogens with zero attached hydrogens (tertiary/aromatic N) is 1. The first kappa shape index (κ1) is 11.9. The summed E-state index contributed by atoms with van der Waals surface area (Å²) >= 11 is 0. The Morgan fingerprint density at radius 3 is 2.69 bits per heavy atom. The van der Waals surface area contributed by atoms with Crippen LogP contribution in [0.5, 0.6) is 0 Å². The molecule has 0 spiro atoms. The summed E-state index contributed by atoms with van der Waals surface area (Å²) in [6, 6.07) is 0. The average Bonchev–Trinajstić information content (AvgIpc) is 2.58. The van der Waals surface area contributed by atoms with Gasteiger partial charge in [-0.1, -0.05) is 19.3 Å². The summed E-state index contributed by atoms with van der Waals surface area (Å²) in [5, 5.41) is 0. The molecule has 2 fully saturated rings. The number of likely N-dealkylation sites (N-methyl/N-ethyl adjacent to an activating group) is 1. The van der Waals surface area contributed by atoms with E-state index in [1.54, 1.807) is 4.90 Å². The number of amides is 1.